The summed E-state index contributed by atoms with van der Waals surface area (Å²) in [6, 6.07) is 5.23. The van der Waals surface area contributed by atoms with Crippen LogP contribution >= 0.6 is 0 Å². The van der Waals surface area contributed by atoms with Crippen LogP contribution in [0.4, 0.5) is 4.39 Å². The molecule has 0 bridgehead atoms. The molecular weight excluding hydrogens is 229 g/mol. The number of halogens is 1. The fraction of sp³-hybridized carbons (Fsp3) is 0.357. The molecule has 96 valence electrons. The molecule has 1 heterocycles. The second-order valence-electron chi connectivity index (χ2n) is 4.36. The van der Waals surface area contributed by atoms with Gasteiger partial charge in [0, 0.05) is 30.4 Å². The van der Waals surface area contributed by atoms with Crippen molar-refractivity contribution in [3.05, 3.63) is 41.5 Å². The van der Waals surface area contributed by atoms with Gasteiger partial charge in [0.15, 0.2) is 0 Å². The molecule has 0 amide bonds. The van der Waals surface area contributed by atoms with E-state index in [1.54, 1.807) is 10.9 Å². The van der Waals surface area contributed by atoms with E-state index in [2.05, 4.69) is 17.3 Å². The normalized spacial score (nSPS) is 10.9. The van der Waals surface area contributed by atoms with Gasteiger partial charge in [0.25, 0.3) is 0 Å². The van der Waals surface area contributed by atoms with Gasteiger partial charge in [0.05, 0.1) is 6.20 Å². The summed E-state index contributed by atoms with van der Waals surface area (Å²) in [6.45, 7) is 5.65. The minimum atomic E-state index is -0.202. The van der Waals surface area contributed by atoms with Crippen LogP contribution < -0.4 is 5.32 Å². The third-order valence-corrected chi connectivity index (χ3v) is 3.14. The van der Waals surface area contributed by atoms with Crippen LogP contribution in [0.25, 0.3) is 11.1 Å². The monoisotopic (exact) mass is 247 g/mol. The minimum Gasteiger partial charge on any atom is -0.313 e. The largest absolute Gasteiger partial charge is 0.313 e. The molecule has 0 aliphatic heterocycles. The van der Waals surface area contributed by atoms with E-state index in [0.29, 0.717) is 5.56 Å². The number of aromatic nitrogens is 2. The number of nitrogens with one attached hydrogen (secondary N) is 1. The molecule has 1 N–H and O–H groups in total. The summed E-state index contributed by atoms with van der Waals surface area (Å²) in [7, 11) is 1.86. The fourth-order valence-corrected chi connectivity index (χ4v) is 1.92. The summed E-state index contributed by atoms with van der Waals surface area (Å²) >= 11 is 0. The highest BCUT2D eigenvalue weighted by molar-refractivity contribution is 5.66. The van der Waals surface area contributed by atoms with Crippen molar-refractivity contribution >= 4 is 0 Å². The molecule has 0 spiro atoms. The standard InChI is InChI=1S/C14H18FN3/c1-4-16-8-11-5-6-14(15)12(7-11)13-9-17-18(3)10(13)2/h5-7,9,16H,4,8H2,1-3H3. The molecule has 18 heavy (non-hydrogen) atoms. The highest BCUT2D eigenvalue weighted by atomic mass is 19.1. The third kappa shape index (κ3) is 2.43. The van der Waals surface area contributed by atoms with Crippen LogP contribution in [-0.4, -0.2) is 16.3 Å². The number of rotatable bonds is 4. The lowest BCUT2D eigenvalue weighted by atomic mass is 10.0. The summed E-state index contributed by atoms with van der Waals surface area (Å²) in [6.07, 6.45) is 1.71. The maximum atomic E-state index is 13.9. The molecule has 0 atom stereocenters. The van der Waals surface area contributed by atoms with Crippen LogP contribution in [0.2, 0.25) is 0 Å². The summed E-state index contributed by atoms with van der Waals surface area (Å²) in [5.74, 6) is -0.202. The van der Waals surface area contributed by atoms with E-state index < -0.39 is 0 Å². The van der Waals surface area contributed by atoms with Gasteiger partial charge in [-0.1, -0.05) is 13.0 Å². The van der Waals surface area contributed by atoms with Crippen molar-refractivity contribution in [3.8, 4) is 11.1 Å². The molecule has 2 aromatic rings. The van der Waals surface area contributed by atoms with Gasteiger partial charge in [-0.3, -0.25) is 4.68 Å². The first-order chi connectivity index (χ1) is 8.63. The van der Waals surface area contributed by atoms with Crippen LogP contribution in [-0.2, 0) is 13.6 Å². The van der Waals surface area contributed by atoms with Crippen molar-refractivity contribution in [3.63, 3.8) is 0 Å². The molecular formula is C14H18FN3. The molecule has 0 radical (unpaired) electrons. The molecule has 0 aliphatic rings. The molecule has 2 rings (SSSR count). The van der Waals surface area contributed by atoms with E-state index in [1.165, 1.54) is 6.07 Å². The van der Waals surface area contributed by atoms with E-state index in [9.17, 15) is 4.39 Å². The van der Waals surface area contributed by atoms with Crippen molar-refractivity contribution < 1.29 is 4.39 Å². The first-order valence-electron chi connectivity index (χ1n) is 6.11. The predicted molar refractivity (Wildman–Crippen MR) is 70.7 cm³/mol. The van der Waals surface area contributed by atoms with Crippen molar-refractivity contribution in [1.82, 2.24) is 15.1 Å². The van der Waals surface area contributed by atoms with Gasteiger partial charge < -0.3 is 5.32 Å². The summed E-state index contributed by atoms with van der Waals surface area (Å²) in [5.41, 5.74) is 3.52. The molecule has 0 unspecified atom stereocenters. The maximum absolute atomic E-state index is 13.9. The first kappa shape index (κ1) is 12.8. The van der Waals surface area contributed by atoms with Crippen LogP contribution in [0.5, 0.6) is 0 Å². The molecule has 0 fully saturated rings. The first-order valence-corrected chi connectivity index (χ1v) is 6.11. The molecule has 0 aliphatic carbocycles. The molecule has 0 saturated carbocycles. The molecule has 4 heteroatoms. The zero-order valence-electron chi connectivity index (χ0n) is 11.0. The van der Waals surface area contributed by atoms with E-state index in [4.69, 9.17) is 0 Å². The van der Waals surface area contributed by atoms with E-state index in [0.717, 1.165) is 29.9 Å². The van der Waals surface area contributed by atoms with Crippen LogP contribution in [0, 0.1) is 12.7 Å². The number of hydrogen-bond acceptors (Lipinski definition) is 2. The predicted octanol–water partition coefficient (Wildman–Crippen LogP) is 2.64. The fourth-order valence-electron chi connectivity index (χ4n) is 1.92. The van der Waals surface area contributed by atoms with Crippen LogP contribution in [0.3, 0.4) is 0 Å². The Labute approximate surface area is 107 Å². The van der Waals surface area contributed by atoms with Crippen LogP contribution in [0.1, 0.15) is 18.2 Å². The molecule has 1 aromatic carbocycles. The zero-order chi connectivity index (χ0) is 13.1. The van der Waals surface area contributed by atoms with Crippen molar-refractivity contribution in [2.45, 2.75) is 20.4 Å². The minimum absolute atomic E-state index is 0.202. The number of benzene rings is 1. The topological polar surface area (TPSA) is 29.9 Å². The quantitative estimate of drug-likeness (QED) is 0.900. The lowest BCUT2D eigenvalue weighted by molar-refractivity contribution is 0.629. The maximum Gasteiger partial charge on any atom is 0.131 e. The third-order valence-electron chi connectivity index (χ3n) is 3.14. The number of hydrogen-bond donors (Lipinski definition) is 1. The Bertz CT molecular complexity index is 546. The second kappa shape index (κ2) is 5.31. The number of aryl methyl sites for hydroxylation is 1. The van der Waals surface area contributed by atoms with Gasteiger partial charge in [-0.05, 0) is 31.2 Å². The average molecular weight is 247 g/mol. The van der Waals surface area contributed by atoms with Gasteiger partial charge in [-0.2, -0.15) is 5.10 Å². The number of nitrogens with zero attached hydrogens (tertiary/aromatic N) is 2. The summed E-state index contributed by atoms with van der Waals surface area (Å²) < 4.78 is 15.7. The lowest BCUT2D eigenvalue weighted by Crippen LogP contribution is -2.11. The molecule has 1 aromatic heterocycles. The Morgan fingerprint density at radius 2 is 2.11 bits per heavy atom. The van der Waals surface area contributed by atoms with Gasteiger partial charge >= 0.3 is 0 Å². The van der Waals surface area contributed by atoms with Gasteiger partial charge in [-0.15, -0.1) is 0 Å². The lowest BCUT2D eigenvalue weighted by Gasteiger charge is -2.07. The van der Waals surface area contributed by atoms with Gasteiger partial charge in [0.2, 0.25) is 0 Å². The molecule has 0 saturated heterocycles. The van der Waals surface area contributed by atoms with E-state index in [-0.39, 0.29) is 5.82 Å². The summed E-state index contributed by atoms with van der Waals surface area (Å²) in [4.78, 5) is 0. The van der Waals surface area contributed by atoms with Crippen molar-refractivity contribution in [1.29, 1.82) is 0 Å². The van der Waals surface area contributed by atoms with E-state index in [1.807, 2.05) is 26.1 Å². The Morgan fingerprint density at radius 3 is 2.72 bits per heavy atom. The average Bonchev–Trinajstić information content (AvgIpc) is 2.69. The van der Waals surface area contributed by atoms with E-state index >= 15 is 0 Å². The van der Waals surface area contributed by atoms with Gasteiger partial charge in [-0.25, -0.2) is 4.39 Å². The van der Waals surface area contributed by atoms with Crippen molar-refractivity contribution in [2.24, 2.45) is 7.05 Å². The van der Waals surface area contributed by atoms with Crippen molar-refractivity contribution in [2.75, 3.05) is 6.54 Å². The summed E-state index contributed by atoms with van der Waals surface area (Å²) in [5, 5.41) is 7.40. The Morgan fingerprint density at radius 1 is 1.33 bits per heavy atom. The Kier molecular flexibility index (Phi) is 3.77. The smallest absolute Gasteiger partial charge is 0.131 e. The van der Waals surface area contributed by atoms with Gasteiger partial charge in [0.1, 0.15) is 5.82 Å². The SMILES string of the molecule is CCNCc1ccc(F)c(-c2cnn(C)c2C)c1. The second-order valence-corrected chi connectivity index (χ2v) is 4.36. The Balaban J connectivity index is 2.40. The highest BCUT2D eigenvalue weighted by Crippen LogP contribution is 2.26. The van der Waals surface area contributed by atoms with Crippen LogP contribution in [0.15, 0.2) is 24.4 Å². The molecule has 3 nitrogen and oxygen atoms in total. The zero-order valence-corrected chi connectivity index (χ0v) is 11.0. The Hall–Kier alpha value is -1.68. The highest BCUT2D eigenvalue weighted by Gasteiger charge is 2.11.